The van der Waals surface area contributed by atoms with Gasteiger partial charge in [-0.3, -0.25) is 4.79 Å². The number of fused-ring (bicyclic) bond motifs is 1. The lowest BCUT2D eigenvalue weighted by molar-refractivity contribution is 0.0982. The number of Topliss-reactive ketones (excluding diaryl/α,β-unsaturated/α-hetero) is 1. The molecule has 1 aromatic carbocycles. The highest BCUT2D eigenvalue weighted by Gasteiger charge is 2.15. The number of ether oxygens (including phenoxy) is 2. The van der Waals surface area contributed by atoms with Crippen molar-refractivity contribution in [3.63, 3.8) is 0 Å². The zero-order valence-corrected chi connectivity index (χ0v) is 9.99. The van der Waals surface area contributed by atoms with Gasteiger partial charge in [0.2, 0.25) is 6.79 Å². The molecule has 0 saturated carbocycles. The average Bonchev–Trinajstić information content (AvgIpc) is 2.81. The quantitative estimate of drug-likeness (QED) is 0.605. The number of ketones is 1. The van der Waals surface area contributed by atoms with Crippen LogP contribution < -0.4 is 14.8 Å². The Kier molecular flexibility index (Phi) is 3.98. The van der Waals surface area contributed by atoms with Crippen molar-refractivity contribution in [2.45, 2.75) is 19.8 Å². The third-order valence-electron chi connectivity index (χ3n) is 2.65. The molecule has 0 fully saturated rings. The van der Waals surface area contributed by atoms with Gasteiger partial charge in [-0.2, -0.15) is 0 Å². The van der Waals surface area contributed by atoms with Crippen LogP contribution in [0.25, 0.3) is 0 Å². The number of carbonyl (C=O) groups is 1. The van der Waals surface area contributed by atoms with E-state index < -0.39 is 0 Å². The normalized spacial score (nSPS) is 12.8. The van der Waals surface area contributed by atoms with Crippen LogP contribution in [0, 0.1) is 0 Å². The second-order valence-corrected chi connectivity index (χ2v) is 3.99. The van der Waals surface area contributed by atoms with Crippen molar-refractivity contribution >= 4 is 5.78 Å². The molecule has 0 aromatic heterocycles. The standard InChI is InChI=1S/C13H17NO3/c1-2-6-14-7-5-11(15)10-3-4-12-13(8-10)17-9-16-12/h3-4,8,14H,2,5-7,9H2,1H3. The maximum atomic E-state index is 11.9. The van der Waals surface area contributed by atoms with E-state index in [-0.39, 0.29) is 12.6 Å². The minimum absolute atomic E-state index is 0.131. The molecule has 1 aliphatic heterocycles. The van der Waals surface area contributed by atoms with Crippen molar-refractivity contribution in [3.05, 3.63) is 23.8 Å². The first-order valence-corrected chi connectivity index (χ1v) is 5.95. The van der Waals surface area contributed by atoms with Crippen LogP contribution in [0.5, 0.6) is 11.5 Å². The highest BCUT2D eigenvalue weighted by atomic mass is 16.7. The monoisotopic (exact) mass is 235 g/mol. The van der Waals surface area contributed by atoms with Crippen molar-refractivity contribution in [2.24, 2.45) is 0 Å². The van der Waals surface area contributed by atoms with Crippen LogP contribution in [-0.4, -0.2) is 25.7 Å². The topological polar surface area (TPSA) is 47.6 Å². The van der Waals surface area contributed by atoms with Crippen LogP contribution >= 0.6 is 0 Å². The van der Waals surface area contributed by atoms with Crippen molar-refractivity contribution in [1.29, 1.82) is 0 Å². The largest absolute Gasteiger partial charge is 0.454 e. The molecule has 1 aliphatic rings. The first-order valence-electron chi connectivity index (χ1n) is 5.95. The fraction of sp³-hybridized carbons (Fsp3) is 0.462. The summed E-state index contributed by atoms with van der Waals surface area (Å²) in [6, 6.07) is 5.33. The Morgan fingerprint density at radius 1 is 1.29 bits per heavy atom. The van der Waals surface area contributed by atoms with Crippen LogP contribution in [0.2, 0.25) is 0 Å². The molecule has 0 radical (unpaired) electrons. The summed E-state index contributed by atoms with van der Waals surface area (Å²) in [7, 11) is 0. The maximum Gasteiger partial charge on any atom is 0.231 e. The van der Waals surface area contributed by atoms with Gasteiger partial charge in [-0.1, -0.05) is 6.92 Å². The molecule has 4 heteroatoms. The molecule has 0 amide bonds. The molecule has 17 heavy (non-hydrogen) atoms. The number of hydrogen-bond acceptors (Lipinski definition) is 4. The number of nitrogens with one attached hydrogen (secondary N) is 1. The van der Waals surface area contributed by atoms with Gasteiger partial charge < -0.3 is 14.8 Å². The van der Waals surface area contributed by atoms with Gasteiger partial charge in [-0.25, -0.2) is 0 Å². The highest BCUT2D eigenvalue weighted by molar-refractivity contribution is 5.96. The van der Waals surface area contributed by atoms with Gasteiger partial charge in [0, 0.05) is 18.5 Å². The summed E-state index contributed by atoms with van der Waals surface area (Å²) in [6.07, 6.45) is 1.60. The molecule has 4 nitrogen and oxygen atoms in total. The fourth-order valence-corrected chi connectivity index (χ4v) is 1.72. The van der Waals surface area contributed by atoms with Gasteiger partial charge >= 0.3 is 0 Å². The third kappa shape index (κ3) is 2.97. The summed E-state index contributed by atoms with van der Waals surface area (Å²) >= 11 is 0. The first-order chi connectivity index (χ1) is 8.31. The van der Waals surface area contributed by atoms with E-state index in [1.165, 1.54) is 0 Å². The SMILES string of the molecule is CCCNCCC(=O)c1ccc2c(c1)OCO2. The summed E-state index contributed by atoms with van der Waals surface area (Å²) in [4.78, 5) is 11.9. The minimum Gasteiger partial charge on any atom is -0.454 e. The summed E-state index contributed by atoms with van der Waals surface area (Å²) in [5.74, 6) is 1.51. The average molecular weight is 235 g/mol. The third-order valence-corrected chi connectivity index (χ3v) is 2.65. The zero-order valence-electron chi connectivity index (χ0n) is 9.99. The molecular formula is C13H17NO3. The van der Waals surface area contributed by atoms with E-state index >= 15 is 0 Å². The summed E-state index contributed by atoms with van der Waals surface area (Å²) in [5.41, 5.74) is 0.688. The van der Waals surface area contributed by atoms with E-state index in [0.29, 0.717) is 23.5 Å². The Hall–Kier alpha value is -1.55. The molecule has 0 spiro atoms. The van der Waals surface area contributed by atoms with Crippen LogP contribution in [0.15, 0.2) is 18.2 Å². The van der Waals surface area contributed by atoms with Crippen molar-refractivity contribution in [2.75, 3.05) is 19.9 Å². The maximum absolute atomic E-state index is 11.9. The second kappa shape index (κ2) is 5.68. The van der Waals surface area contributed by atoms with E-state index in [9.17, 15) is 4.79 Å². The van der Waals surface area contributed by atoms with Crippen molar-refractivity contribution in [3.8, 4) is 11.5 Å². The molecule has 0 unspecified atom stereocenters. The van der Waals surface area contributed by atoms with Crippen LogP contribution in [-0.2, 0) is 0 Å². The van der Waals surface area contributed by atoms with Crippen molar-refractivity contribution in [1.82, 2.24) is 5.32 Å². The number of hydrogen-bond donors (Lipinski definition) is 1. The molecule has 0 aliphatic carbocycles. The molecular weight excluding hydrogens is 218 g/mol. The van der Waals surface area contributed by atoms with Gasteiger partial charge in [0.1, 0.15) is 0 Å². The Morgan fingerprint density at radius 3 is 2.94 bits per heavy atom. The Morgan fingerprint density at radius 2 is 2.12 bits per heavy atom. The predicted octanol–water partition coefficient (Wildman–Crippen LogP) is 1.99. The Bertz CT molecular complexity index is 404. The minimum atomic E-state index is 0.131. The molecule has 0 atom stereocenters. The summed E-state index contributed by atoms with van der Waals surface area (Å²) in [6.45, 7) is 4.02. The highest BCUT2D eigenvalue weighted by Crippen LogP contribution is 2.32. The smallest absolute Gasteiger partial charge is 0.231 e. The molecule has 0 bridgehead atoms. The summed E-state index contributed by atoms with van der Waals surface area (Å²) < 4.78 is 10.4. The van der Waals surface area contributed by atoms with Gasteiger partial charge in [-0.15, -0.1) is 0 Å². The number of rotatable bonds is 6. The lowest BCUT2D eigenvalue weighted by Crippen LogP contribution is -2.18. The van der Waals surface area contributed by atoms with Crippen molar-refractivity contribution < 1.29 is 14.3 Å². The lowest BCUT2D eigenvalue weighted by atomic mass is 10.1. The Labute approximate surface area is 101 Å². The van der Waals surface area contributed by atoms with E-state index in [1.807, 2.05) is 0 Å². The Balaban J connectivity index is 1.91. The number of benzene rings is 1. The number of carbonyl (C=O) groups excluding carboxylic acids is 1. The summed E-state index contributed by atoms with van der Waals surface area (Å²) in [5, 5.41) is 3.21. The second-order valence-electron chi connectivity index (χ2n) is 3.99. The van der Waals surface area contributed by atoms with E-state index in [1.54, 1.807) is 18.2 Å². The zero-order chi connectivity index (χ0) is 12.1. The molecule has 0 saturated heterocycles. The fourth-order valence-electron chi connectivity index (χ4n) is 1.72. The lowest BCUT2D eigenvalue weighted by Gasteiger charge is -2.03. The van der Waals surface area contributed by atoms with Gasteiger partial charge in [0.25, 0.3) is 0 Å². The predicted molar refractivity (Wildman–Crippen MR) is 64.7 cm³/mol. The van der Waals surface area contributed by atoms with Gasteiger partial charge in [0.15, 0.2) is 17.3 Å². The van der Waals surface area contributed by atoms with E-state index in [0.717, 1.165) is 19.5 Å². The van der Waals surface area contributed by atoms with Crippen LogP contribution in [0.1, 0.15) is 30.1 Å². The molecule has 1 aromatic rings. The molecule has 2 rings (SSSR count). The van der Waals surface area contributed by atoms with Crippen LogP contribution in [0.3, 0.4) is 0 Å². The first kappa shape index (κ1) is 11.9. The van der Waals surface area contributed by atoms with Gasteiger partial charge in [0.05, 0.1) is 0 Å². The molecule has 1 heterocycles. The van der Waals surface area contributed by atoms with E-state index in [2.05, 4.69) is 12.2 Å². The molecule has 1 N–H and O–H groups in total. The van der Waals surface area contributed by atoms with Crippen LogP contribution in [0.4, 0.5) is 0 Å². The molecule has 92 valence electrons. The van der Waals surface area contributed by atoms with Gasteiger partial charge in [-0.05, 0) is 31.2 Å². The van der Waals surface area contributed by atoms with E-state index in [4.69, 9.17) is 9.47 Å².